The fourth-order valence-electron chi connectivity index (χ4n) is 3.52. The number of hydrogen-bond donors (Lipinski definition) is 1. The SMILES string of the molecule is Cc1cc(CC(=O)Nc2cnn(C(C)(C)C)c2)c(F)cc1Oc1ccnc2ccc(C=O)cc12. The Balaban J connectivity index is 1.52. The van der Waals surface area contributed by atoms with Crippen molar-refractivity contribution in [3.8, 4) is 11.5 Å². The molecule has 0 saturated heterocycles. The van der Waals surface area contributed by atoms with Gasteiger partial charge in [0, 0.05) is 29.4 Å². The highest BCUT2D eigenvalue weighted by molar-refractivity contribution is 5.92. The van der Waals surface area contributed by atoms with Crippen molar-refractivity contribution >= 4 is 28.8 Å². The van der Waals surface area contributed by atoms with E-state index in [0.29, 0.717) is 39.2 Å². The molecule has 34 heavy (non-hydrogen) atoms. The van der Waals surface area contributed by atoms with Gasteiger partial charge in [0.2, 0.25) is 5.91 Å². The van der Waals surface area contributed by atoms with Crippen molar-refractivity contribution in [3.05, 3.63) is 77.5 Å². The number of amides is 1. The van der Waals surface area contributed by atoms with Crippen molar-refractivity contribution in [2.24, 2.45) is 0 Å². The van der Waals surface area contributed by atoms with Gasteiger partial charge in [0.15, 0.2) is 0 Å². The molecule has 2 heterocycles. The summed E-state index contributed by atoms with van der Waals surface area (Å²) in [6, 6.07) is 9.61. The molecule has 0 unspecified atom stereocenters. The van der Waals surface area contributed by atoms with Gasteiger partial charge in [-0.05, 0) is 69.2 Å². The number of nitrogens with one attached hydrogen (secondary N) is 1. The highest BCUT2D eigenvalue weighted by Gasteiger charge is 2.17. The zero-order valence-corrected chi connectivity index (χ0v) is 19.4. The first-order chi connectivity index (χ1) is 16.1. The zero-order valence-electron chi connectivity index (χ0n) is 19.4. The van der Waals surface area contributed by atoms with Gasteiger partial charge in [-0.3, -0.25) is 19.3 Å². The van der Waals surface area contributed by atoms with Gasteiger partial charge in [-0.1, -0.05) is 0 Å². The minimum absolute atomic E-state index is 0.130. The number of anilines is 1. The first-order valence-electron chi connectivity index (χ1n) is 10.8. The van der Waals surface area contributed by atoms with Crippen LogP contribution in [-0.4, -0.2) is 27.0 Å². The van der Waals surface area contributed by atoms with Crippen LogP contribution in [0.5, 0.6) is 11.5 Å². The summed E-state index contributed by atoms with van der Waals surface area (Å²) in [5.74, 6) is -0.121. The van der Waals surface area contributed by atoms with E-state index in [9.17, 15) is 14.0 Å². The fourth-order valence-corrected chi connectivity index (χ4v) is 3.52. The molecular weight excluding hydrogens is 435 g/mol. The molecule has 0 radical (unpaired) electrons. The van der Waals surface area contributed by atoms with Gasteiger partial charge in [-0.15, -0.1) is 0 Å². The van der Waals surface area contributed by atoms with Gasteiger partial charge >= 0.3 is 0 Å². The molecule has 0 bridgehead atoms. The van der Waals surface area contributed by atoms with Gasteiger partial charge in [0.05, 0.1) is 29.4 Å². The molecule has 7 nitrogen and oxygen atoms in total. The second-order valence-corrected chi connectivity index (χ2v) is 9.08. The number of fused-ring (bicyclic) bond motifs is 1. The number of rotatable bonds is 6. The van der Waals surface area contributed by atoms with Gasteiger partial charge in [-0.2, -0.15) is 5.10 Å². The monoisotopic (exact) mass is 460 g/mol. The summed E-state index contributed by atoms with van der Waals surface area (Å²) < 4.78 is 22.6. The summed E-state index contributed by atoms with van der Waals surface area (Å²) in [5.41, 5.74) is 2.41. The number of aromatic nitrogens is 3. The zero-order chi connectivity index (χ0) is 24.5. The van der Waals surface area contributed by atoms with E-state index in [0.717, 1.165) is 6.29 Å². The summed E-state index contributed by atoms with van der Waals surface area (Å²) >= 11 is 0. The van der Waals surface area contributed by atoms with E-state index in [4.69, 9.17) is 4.74 Å². The summed E-state index contributed by atoms with van der Waals surface area (Å²) in [4.78, 5) is 27.9. The van der Waals surface area contributed by atoms with E-state index in [1.807, 2.05) is 20.8 Å². The lowest BCUT2D eigenvalue weighted by atomic mass is 10.1. The van der Waals surface area contributed by atoms with E-state index in [1.165, 1.54) is 6.07 Å². The van der Waals surface area contributed by atoms with Crippen molar-refractivity contribution < 1.29 is 18.7 Å². The van der Waals surface area contributed by atoms with E-state index in [-0.39, 0.29) is 23.4 Å². The number of aldehydes is 1. The number of carbonyl (C=O) groups excluding carboxylic acids is 2. The number of ether oxygens (including phenoxy) is 1. The van der Waals surface area contributed by atoms with Crippen LogP contribution in [0.15, 0.2) is 55.0 Å². The number of halogens is 1. The summed E-state index contributed by atoms with van der Waals surface area (Å²) in [7, 11) is 0. The van der Waals surface area contributed by atoms with Gasteiger partial charge in [0.1, 0.15) is 23.6 Å². The third-order valence-corrected chi connectivity index (χ3v) is 5.33. The Labute approximate surface area is 196 Å². The van der Waals surface area contributed by atoms with Crippen LogP contribution in [0.4, 0.5) is 10.1 Å². The molecule has 2 aromatic carbocycles. The number of carbonyl (C=O) groups is 2. The summed E-state index contributed by atoms with van der Waals surface area (Å²) in [5, 5.41) is 7.65. The maximum absolute atomic E-state index is 14.9. The Morgan fingerprint density at radius 1 is 1.18 bits per heavy atom. The van der Waals surface area contributed by atoms with Crippen LogP contribution in [-0.2, 0) is 16.8 Å². The standard InChI is InChI=1S/C26H25FN4O3/c1-16-9-18(11-25(33)30-19-13-29-31(14-19)26(2,3)4)21(27)12-24(16)34-23-7-8-28-22-6-5-17(15-32)10-20(22)23/h5-10,12-15H,11H2,1-4H3,(H,30,33). The van der Waals surface area contributed by atoms with Crippen LogP contribution in [0.2, 0.25) is 0 Å². The fraction of sp³-hybridized carbons (Fsp3) is 0.231. The molecule has 0 saturated carbocycles. The topological polar surface area (TPSA) is 86.1 Å². The minimum Gasteiger partial charge on any atom is -0.456 e. The lowest BCUT2D eigenvalue weighted by Gasteiger charge is -2.18. The van der Waals surface area contributed by atoms with E-state index in [1.54, 1.807) is 60.5 Å². The molecule has 174 valence electrons. The number of aryl methyl sites for hydroxylation is 1. The molecule has 0 aliphatic rings. The second-order valence-electron chi connectivity index (χ2n) is 9.08. The van der Waals surface area contributed by atoms with Crippen LogP contribution in [0.25, 0.3) is 10.9 Å². The highest BCUT2D eigenvalue weighted by Crippen LogP contribution is 2.32. The lowest BCUT2D eigenvalue weighted by Crippen LogP contribution is -2.22. The normalized spacial score (nSPS) is 11.4. The molecule has 0 spiro atoms. The predicted octanol–water partition coefficient (Wildman–Crippen LogP) is 5.42. The number of hydrogen-bond acceptors (Lipinski definition) is 5. The maximum atomic E-state index is 14.9. The second kappa shape index (κ2) is 9.05. The van der Waals surface area contributed by atoms with Crippen molar-refractivity contribution in [3.63, 3.8) is 0 Å². The first-order valence-corrected chi connectivity index (χ1v) is 10.8. The van der Waals surface area contributed by atoms with Crippen LogP contribution < -0.4 is 10.1 Å². The molecule has 1 amide bonds. The highest BCUT2D eigenvalue weighted by atomic mass is 19.1. The van der Waals surface area contributed by atoms with Crippen LogP contribution in [0.1, 0.15) is 42.3 Å². The maximum Gasteiger partial charge on any atom is 0.228 e. The summed E-state index contributed by atoms with van der Waals surface area (Å²) in [6.07, 6.45) is 5.51. The van der Waals surface area contributed by atoms with E-state index in [2.05, 4.69) is 15.4 Å². The lowest BCUT2D eigenvalue weighted by molar-refractivity contribution is -0.115. The van der Waals surface area contributed by atoms with Crippen LogP contribution >= 0.6 is 0 Å². The summed E-state index contributed by atoms with van der Waals surface area (Å²) in [6.45, 7) is 7.79. The first kappa shape index (κ1) is 23.1. The number of pyridine rings is 1. The number of benzene rings is 2. The molecule has 8 heteroatoms. The Kier molecular flexibility index (Phi) is 6.15. The van der Waals surface area contributed by atoms with Crippen molar-refractivity contribution in [2.45, 2.75) is 39.7 Å². The smallest absolute Gasteiger partial charge is 0.228 e. The molecule has 2 aromatic heterocycles. The average Bonchev–Trinajstić information content (AvgIpc) is 3.26. The Hall–Kier alpha value is -4.07. The molecule has 0 fully saturated rings. The van der Waals surface area contributed by atoms with Gasteiger partial charge in [0.25, 0.3) is 0 Å². The molecular formula is C26H25FN4O3. The van der Waals surface area contributed by atoms with E-state index < -0.39 is 5.82 Å². The quantitative estimate of drug-likeness (QED) is 0.388. The predicted molar refractivity (Wildman–Crippen MR) is 128 cm³/mol. The average molecular weight is 461 g/mol. The largest absolute Gasteiger partial charge is 0.456 e. The van der Waals surface area contributed by atoms with Crippen molar-refractivity contribution in [1.29, 1.82) is 0 Å². The molecule has 1 N–H and O–H groups in total. The van der Waals surface area contributed by atoms with Crippen molar-refractivity contribution in [2.75, 3.05) is 5.32 Å². The van der Waals surface area contributed by atoms with Crippen LogP contribution in [0.3, 0.4) is 0 Å². The van der Waals surface area contributed by atoms with Crippen LogP contribution in [0, 0.1) is 12.7 Å². The molecule has 0 atom stereocenters. The molecule has 0 aliphatic heterocycles. The van der Waals surface area contributed by atoms with Gasteiger partial charge < -0.3 is 10.1 Å². The van der Waals surface area contributed by atoms with Gasteiger partial charge in [-0.25, -0.2) is 4.39 Å². The van der Waals surface area contributed by atoms with Crippen molar-refractivity contribution in [1.82, 2.24) is 14.8 Å². The third kappa shape index (κ3) is 4.96. The minimum atomic E-state index is -0.548. The number of nitrogens with zero attached hydrogens (tertiary/aromatic N) is 3. The van der Waals surface area contributed by atoms with E-state index >= 15 is 0 Å². The third-order valence-electron chi connectivity index (χ3n) is 5.33. The molecule has 4 aromatic rings. The Morgan fingerprint density at radius 3 is 2.68 bits per heavy atom. The Bertz CT molecular complexity index is 1390. The molecule has 4 rings (SSSR count). The Morgan fingerprint density at radius 2 is 1.97 bits per heavy atom. The molecule has 0 aliphatic carbocycles.